The zero-order chi connectivity index (χ0) is 13.2. The van der Waals surface area contributed by atoms with Gasteiger partial charge in [0.05, 0.1) is 5.69 Å². The summed E-state index contributed by atoms with van der Waals surface area (Å²) in [5.74, 6) is 0. The maximum Gasteiger partial charge on any atom is 0.124 e. The largest absolute Gasteiger partial charge is 0.309 e. The summed E-state index contributed by atoms with van der Waals surface area (Å²) in [6, 6.07) is 2.81. The molecule has 0 radical (unpaired) electrons. The average Bonchev–Trinajstić information content (AvgIpc) is 3.16. The summed E-state index contributed by atoms with van der Waals surface area (Å²) in [5.41, 5.74) is 3.65. The minimum atomic E-state index is 0.748. The Kier molecular flexibility index (Phi) is 3.62. The molecule has 0 aliphatic heterocycles. The fourth-order valence-corrected chi connectivity index (χ4v) is 3.34. The van der Waals surface area contributed by atoms with E-state index in [1.807, 2.05) is 23.7 Å². The number of thiazole rings is 1. The lowest BCUT2D eigenvalue weighted by Crippen LogP contribution is -2.15. The average molecular weight is 273 g/mol. The van der Waals surface area contributed by atoms with Gasteiger partial charge in [-0.2, -0.15) is 0 Å². The van der Waals surface area contributed by atoms with Crippen molar-refractivity contribution in [1.82, 2.24) is 15.3 Å². The summed E-state index contributed by atoms with van der Waals surface area (Å²) in [7, 11) is 0. The maximum absolute atomic E-state index is 4.81. The highest BCUT2D eigenvalue weighted by atomic mass is 32.1. The molecule has 0 saturated heterocycles. The number of hydrogen-bond donors (Lipinski definition) is 1. The fraction of sp³-hybridized carbons (Fsp3) is 0.467. The molecule has 0 bridgehead atoms. The van der Waals surface area contributed by atoms with Gasteiger partial charge in [0.2, 0.25) is 0 Å². The summed E-state index contributed by atoms with van der Waals surface area (Å²) in [6.07, 6.45) is 7.41. The van der Waals surface area contributed by atoms with Crippen molar-refractivity contribution in [3.63, 3.8) is 0 Å². The first-order valence-electron chi connectivity index (χ1n) is 6.91. The zero-order valence-corrected chi connectivity index (χ0v) is 12.3. The van der Waals surface area contributed by atoms with Crippen molar-refractivity contribution in [2.75, 3.05) is 0 Å². The van der Waals surface area contributed by atoms with Crippen LogP contribution < -0.4 is 5.32 Å². The molecule has 0 unspecified atom stereocenters. The molecule has 0 aromatic carbocycles. The van der Waals surface area contributed by atoms with Crippen LogP contribution in [-0.2, 0) is 13.0 Å². The van der Waals surface area contributed by atoms with E-state index in [4.69, 9.17) is 4.98 Å². The first-order valence-corrected chi connectivity index (χ1v) is 7.72. The van der Waals surface area contributed by atoms with E-state index in [0.29, 0.717) is 0 Å². The molecule has 4 heteroatoms. The number of pyridine rings is 1. The standard InChI is InChI=1S/C15H19N3S/c1-3-13-14(9-17-11-4-5-11)19-15(18-13)12-6-7-16-8-10(12)2/h6-8,11,17H,3-5,9H2,1-2H3. The van der Waals surface area contributed by atoms with Crippen LogP contribution >= 0.6 is 11.3 Å². The van der Waals surface area contributed by atoms with Gasteiger partial charge in [-0.15, -0.1) is 11.3 Å². The van der Waals surface area contributed by atoms with Crippen LogP contribution in [0.15, 0.2) is 18.5 Å². The lowest BCUT2D eigenvalue weighted by atomic mass is 10.2. The lowest BCUT2D eigenvalue weighted by Gasteiger charge is -2.01. The number of hydrogen-bond acceptors (Lipinski definition) is 4. The third-order valence-corrected chi connectivity index (χ3v) is 4.62. The van der Waals surface area contributed by atoms with Gasteiger partial charge in [0.25, 0.3) is 0 Å². The van der Waals surface area contributed by atoms with Crippen LogP contribution in [0.2, 0.25) is 0 Å². The third kappa shape index (κ3) is 2.85. The van der Waals surface area contributed by atoms with Crippen molar-refractivity contribution in [2.24, 2.45) is 0 Å². The molecule has 100 valence electrons. The molecule has 2 aromatic heterocycles. The SMILES string of the molecule is CCc1nc(-c2ccncc2C)sc1CNC1CC1. The Hall–Kier alpha value is -1.26. The van der Waals surface area contributed by atoms with E-state index in [1.54, 1.807) is 0 Å². The normalized spacial score (nSPS) is 14.8. The molecule has 1 aliphatic rings. The highest BCUT2D eigenvalue weighted by molar-refractivity contribution is 7.15. The highest BCUT2D eigenvalue weighted by Gasteiger charge is 2.21. The Morgan fingerprint density at radius 2 is 2.26 bits per heavy atom. The van der Waals surface area contributed by atoms with Crippen molar-refractivity contribution >= 4 is 11.3 Å². The molecule has 3 rings (SSSR count). The minimum absolute atomic E-state index is 0.748. The smallest absolute Gasteiger partial charge is 0.124 e. The fourth-order valence-electron chi connectivity index (χ4n) is 2.15. The Morgan fingerprint density at radius 3 is 2.95 bits per heavy atom. The summed E-state index contributed by atoms with van der Waals surface area (Å²) >= 11 is 1.82. The Balaban J connectivity index is 1.87. The molecule has 0 spiro atoms. The molecule has 1 N–H and O–H groups in total. The van der Waals surface area contributed by atoms with Gasteiger partial charge in [-0.25, -0.2) is 4.98 Å². The number of rotatable bonds is 5. The molecule has 2 aromatic rings. The molecule has 3 nitrogen and oxygen atoms in total. The van der Waals surface area contributed by atoms with Crippen LogP contribution in [-0.4, -0.2) is 16.0 Å². The second kappa shape index (κ2) is 5.39. The highest BCUT2D eigenvalue weighted by Crippen LogP contribution is 2.31. The maximum atomic E-state index is 4.81. The Morgan fingerprint density at radius 1 is 1.42 bits per heavy atom. The van der Waals surface area contributed by atoms with E-state index in [1.165, 1.54) is 34.5 Å². The van der Waals surface area contributed by atoms with Gasteiger partial charge in [-0.3, -0.25) is 4.98 Å². The second-order valence-electron chi connectivity index (χ2n) is 5.09. The van der Waals surface area contributed by atoms with Crippen molar-refractivity contribution in [2.45, 2.75) is 45.7 Å². The number of aromatic nitrogens is 2. The van der Waals surface area contributed by atoms with E-state index in [9.17, 15) is 0 Å². The van der Waals surface area contributed by atoms with Gasteiger partial charge in [-0.05, 0) is 37.8 Å². The molecule has 1 fully saturated rings. The predicted molar refractivity (Wildman–Crippen MR) is 79.3 cm³/mol. The van der Waals surface area contributed by atoms with Crippen LogP contribution in [0.1, 0.15) is 35.9 Å². The lowest BCUT2D eigenvalue weighted by molar-refractivity contribution is 0.689. The van der Waals surface area contributed by atoms with Gasteiger partial charge in [0.1, 0.15) is 5.01 Å². The van der Waals surface area contributed by atoms with E-state index < -0.39 is 0 Å². The predicted octanol–water partition coefficient (Wildman–Crippen LogP) is 3.33. The first-order chi connectivity index (χ1) is 9.28. The zero-order valence-electron chi connectivity index (χ0n) is 11.4. The van der Waals surface area contributed by atoms with Crippen molar-refractivity contribution in [3.05, 3.63) is 34.6 Å². The molecular formula is C15H19N3S. The molecular weight excluding hydrogens is 254 g/mol. The van der Waals surface area contributed by atoms with Gasteiger partial charge in [0.15, 0.2) is 0 Å². The van der Waals surface area contributed by atoms with E-state index in [2.05, 4.69) is 30.2 Å². The van der Waals surface area contributed by atoms with Crippen LogP contribution in [0.5, 0.6) is 0 Å². The number of aryl methyl sites for hydroxylation is 2. The second-order valence-corrected chi connectivity index (χ2v) is 6.17. The Bertz CT molecular complexity index is 573. The number of nitrogens with zero attached hydrogens (tertiary/aromatic N) is 2. The first kappa shape index (κ1) is 12.8. The summed E-state index contributed by atoms with van der Waals surface area (Å²) in [6.45, 7) is 5.24. The molecule has 0 atom stereocenters. The summed E-state index contributed by atoms with van der Waals surface area (Å²) in [5, 5.41) is 4.71. The Labute approximate surface area is 118 Å². The van der Waals surface area contributed by atoms with Crippen molar-refractivity contribution < 1.29 is 0 Å². The van der Waals surface area contributed by atoms with E-state index in [-0.39, 0.29) is 0 Å². The van der Waals surface area contributed by atoms with Crippen LogP contribution in [0.25, 0.3) is 10.6 Å². The van der Waals surface area contributed by atoms with Crippen molar-refractivity contribution in [3.8, 4) is 10.6 Å². The summed E-state index contributed by atoms with van der Waals surface area (Å²) < 4.78 is 0. The van der Waals surface area contributed by atoms with Crippen LogP contribution in [0.3, 0.4) is 0 Å². The number of nitrogens with one attached hydrogen (secondary N) is 1. The molecule has 0 amide bonds. The molecule has 1 saturated carbocycles. The third-order valence-electron chi connectivity index (χ3n) is 3.49. The molecule has 2 heterocycles. The summed E-state index contributed by atoms with van der Waals surface area (Å²) in [4.78, 5) is 10.4. The molecule has 1 aliphatic carbocycles. The van der Waals surface area contributed by atoms with Crippen LogP contribution in [0, 0.1) is 6.92 Å². The quantitative estimate of drug-likeness (QED) is 0.908. The molecule has 19 heavy (non-hydrogen) atoms. The topological polar surface area (TPSA) is 37.8 Å². The monoisotopic (exact) mass is 273 g/mol. The minimum Gasteiger partial charge on any atom is -0.309 e. The van der Waals surface area contributed by atoms with Gasteiger partial charge in [0, 0.05) is 35.4 Å². The van der Waals surface area contributed by atoms with Gasteiger partial charge < -0.3 is 5.32 Å². The van der Waals surface area contributed by atoms with E-state index >= 15 is 0 Å². The van der Waals surface area contributed by atoms with E-state index in [0.717, 1.165) is 24.0 Å². The van der Waals surface area contributed by atoms with Gasteiger partial charge >= 0.3 is 0 Å². The van der Waals surface area contributed by atoms with Crippen molar-refractivity contribution in [1.29, 1.82) is 0 Å². The van der Waals surface area contributed by atoms with Gasteiger partial charge in [-0.1, -0.05) is 6.92 Å². The van der Waals surface area contributed by atoms with Crippen LogP contribution in [0.4, 0.5) is 0 Å².